The highest BCUT2D eigenvalue weighted by Crippen LogP contribution is 2.30. The molecule has 2 N–H and O–H groups in total. The zero-order chi connectivity index (χ0) is 15.5. The number of nitrogens with zero attached hydrogens (tertiary/aromatic N) is 3. The van der Waals surface area contributed by atoms with Crippen molar-refractivity contribution >= 4 is 22.9 Å². The number of aromatic amines is 1. The normalized spacial score (nSPS) is 18.5. The van der Waals surface area contributed by atoms with E-state index in [2.05, 4.69) is 15.2 Å². The van der Waals surface area contributed by atoms with Gasteiger partial charge in [-0.1, -0.05) is 0 Å². The lowest BCUT2D eigenvalue weighted by Crippen LogP contribution is -2.39. The minimum absolute atomic E-state index is 0.0628. The number of aromatic nitrogens is 3. The van der Waals surface area contributed by atoms with E-state index in [1.165, 1.54) is 0 Å². The van der Waals surface area contributed by atoms with Crippen molar-refractivity contribution in [1.29, 1.82) is 0 Å². The molecule has 1 aliphatic heterocycles. The Balaban J connectivity index is 1.73. The molecule has 0 spiro atoms. The molecule has 3 rings (SSSR count). The van der Waals surface area contributed by atoms with E-state index >= 15 is 0 Å². The average molecular weight is 302 g/mol. The van der Waals surface area contributed by atoms with Crippen LogP contribution in [0, 0.1) is 0 Å². The number of rotatable bonds is 4. The lowest BCUT2D eigenvalue weighted by atomic mass is 9.93. The number of hydrogen-bond acceptors (Lipinski definition) is 4. The van der Waals surface area contributed by atoms with Crippen LogP contribution in [0.25, 0.3) is 11.0 Å². The third-order valence-corrected chi connectivity index (χ3v) is 4.09. The number of likely N-dealkylation sites (tertiary alicyclic amines) is 1. The zero-order valence-electron chi connectivity index (χ0n) is 12.2. The molecule has 7 nitrogen and oxygen atoms in total. The zero-order valence-corrected chi connectivity index (χ0v) is 12.2. The molecular formula is C15H18N4O3. The van der Waals surface area contributed by atoms with Gasteiger partial charge in [-0.25, -0.2) is 4.98 Å². The highest BCUT2D eigenvalue weighted by atomic mass is 16.4. The fourth-order valence-corrected chi connectivity index (χ4v) is 2.99. The van der Waals surface area contributed by atoms with Crippen LogP contribution in [0.4, 0.5) is 0 Å². The van der Waals surface area contributed by atoms with Crippen molar-refractivity contribution in [3.05, 3.63) is 24.0 Å². The van der Waals surface area contributed by atoms with Gasteiger partial charge in [-0.05, 0) is 25.0 Å². The van der Waals surface area contributed by atoms with Crippen molar-refractivity contribution in [3.63, 3.8) is 0 Å². The summed E-state index contributed by atoms with van der Waals surface area (Å²) in [6.45, 7) is 1.30. The number of carbonyl (C=O) groups excluding carboxylic acids is 1. The number of H-pyrrole nitrogens is 1. The van der Waals surface area contributed by atoms with Crippen LogP contribution in [0.3, 0.4) is 0 Å². The van der Waals surface area contributed by atoms with Crippen LogP contribution < -0.4 is 0 Å². The third kappa shape index (κ3) is 2.93. The number of hydrogen-bond donors (Lipinski definition) is 2. The van der Waals surface area contributed by atoms with E-state index < -0.39 is 5.97 Å². The molecule has 22 heavy (non-hydrogen) atoms. The Morgan fingerprint density at radius 3 is 3.09 bits per heavy atom. The van der Waals surface area contributed by atoms with Crippen LogP contribution in [0.5, 0.6) is 0 Å². The lowest BCUT2D eigenvalue weighted by molar-refractivity contribution is -0.141. The molecule has 1 unspecified atom stereocenters. The topological polar surface area (TPSA) is 99.2 Å². The lowest BCUT2D eigenvalue weighted by Gasteiger charge is -2.32. The Morgan fingerprint density at radius 1 is 1.41 bits per heavy atom. The van der Waals surface area contributed by atoms with Crippen molar-refractivity contribution < 1.29 is 14.7 Å². The monoisotopic (exact) mass is 302 g/mol. The van der Waals surface area contributed by atoms with Crippen LogP contribution in [0.15, 0.2) is 18.3 Å². The van der Waals surface area contributed by atoms with Gasteiger partial charge in [0.15, 0.2) is 5.65 Å². The first-order valence-corrected chi connectivity index (χ1v) is 7.43. The van der Waals surface area contributed by atoms with Crippen molar-refractivity contribution in [2.45, 2.75) is 31.6 Å². The summed E-state index contributed by atoms with van der Waals surface area (Å²) in [7, 11) is 0. The highest BCUT2D eigenvalue weighted by molar-refractivity contribution is 5.81. The van der Waals surface area contributed by atoms with Gasteiger partial charge in [0.2, 0.25) is 5.91 Å². The van der Waals surface area contributed by atoms with Crippen LogP contribution >= 0.6 is 0 Å². The summed E-state index contributed by atoms with van der Waals surface area (Å²) < 4.78 is 0. The molecule has 0 bridgehead atoms. The van der Waals surface area contributed by atoms with Crippen LogP contribution in [-0.4, -0.2) is 50.2 Å². The van der Waals surface area contributed by atoms with Gasteiger partial charge in [0.1, 0.15) is 0 Å². The first kappa shape index (κ1) is 14.5. The van der Waals surface area contributed by atoms with E-state index in [-0.39, 0.29) is 24.7 Å². The maximum Gasteiger partial charge on any atom is 0.303 e. The minimum atomic E-state index is -0.937. The van der Waals surface area contributed by atoms with Gasteiger partial charge < -0.3 is 10.0 Å². The summed E-state index contributed by atoms with van der Waals surface area (Å²) >= 11 is 0. The van der Waals surface area contributed by atoms with Gasteiger partial charge in [0, 0.05) is 42.7 Å². The summed E-state index contributed by atoms with van der Waals surface area (Å²) in [5.41, 5.74) is 1.70. The number of fused-ring (bicyclic) bond motifs is 1. The number of nitrogens with one attached hydrogen (secondary N) is 1. The minimum Gasteiger partial charge on any atom is -0.481 e. The van der Waals surface area contributed by atoms with Gasteiger partial charge in [-0.3, -0.25) is 14.7 Å². The molecule has 1 aliphatic rings. The second kappa shape index (κ2) is 6.13. The Hall–Kier alpha value is -2.44. The molecule has 1 atom stereocenters. The molecule has 7 heteroatoms. The maximum absolute atomic E-state index is 12.1. The number of piperidine rings is 1. The van der Waals surface area contributed by atoms with Crippen molar-refractivity contribution in [3.8, 4) is 0 Å². The molecule has 0 aliphatic carbocycles. The van der Waals surface area contributed by atoms with Gasteiger partial charge in [0.05, 0.1) is 6.42 Å². The summed E-state index contributed by atoms with van der Waals surface area (Å²) in [4.78, 5) is 28.7. The Morgan fingerprint density at radius 2 is 2.27 bits per heavy atom. The van der Waals surface area contributed by atoms with Crippen LogP contribution in [-0.2, 0) is 9.59 Å². The van der Waals surface area contributed by atoms with E-state index in [0.717, 1.165) is 23.9 Å². The predicted octanol–water partition coefficient (Wildman–Crippen LogP) is 1.53. The number of carbonyl (C=O) groups is 2. The number of amides is 1. The van der Waals surface area contributed by atoms with E-state index in [1.807, 2.05) is 12.1 Å². The first-order chi connectivity index (χ1) is 10.6. The summed E-state index contributed by atoms with van der Waals surface area (Å²) in [5, 5.41) is 16.9. The first-order valence-electron chi connectivity index (χ1n) is 7.43. The molecule has 2 aromatic heterocycles. The molecule has 0 saturated carbocycles. The smallest absolute Gasteiger partial charge is 0.303 e. The van der Waals surface area contributed by atoms with Crippen molar-refractivity contribution in [1.82, 2.24) is 20.1 Å². The molecular weight excluding hydrogens is 284 g/mol. The second-order valence-electron chi connectivity index (χ2n) is 5.58. The summed E-state index contributed by atoms with van der Waals surface area (Å²) in [6, 6.07) is 3.85. The number of carboxylic acid groups (broad SMARTS) is 1. The quantitative estimate of drug-likeness (QED) is 0.892. The molecule has 1 fully saturated rings. The fraction of sp³-hybridized carbons (Fsp3) is 0.467. The van der Waals surface area contributed by atoms with Gasteiger partial charge in [0.25, 0.3) is 0 Å². The highest BCUT2D eigenvalue weighted by Gasteiger charge is 2.27. The number of pyridine rings is 1. The average Bonchev–Trinajstić information content (AvgIpc) is 2.96. The SMILES string of the molecule is O=C(O)CCC(=O)N1CCCC(c2[nH]nc3ncccc23)C1. The standard InChI is InChI=1S/C15H18N4O3/c20-12(5-6-13(21)22)19-8-2-3-10(9-19)14-11-4-1-7-16-15(11)18-17-14/h1,4,7,10H,2-3,5-6,8-9H2,(H,21,22)(H,16,17,18). The molecule has 116 valence electrons. The fourth-order valence-electron chi connectivity index (χ4n) is 2.99. The van der Waals surface area contributed by atoms with Crippen LogP contribution in [0.2, 0.25) is 0 Å². The van der Waals surface area contributed by atoms with Gasteiger partial charge >= 0.3 is 5.97 Å². The Kier molecular flexibility index (Phi) is 4.04. The Bertz CT molecular complexity index is 697. The van der Waals surface area contributed by atoms with E-state index in [1.54, 1.807) is 11.1 Å². The number of aliphatic carboxylic acids is 1. The molecule has 0 aromatic carbocycles. The van der Waals surface area contributed by atoms with Crippen molar-refractivity contribution in [2.24, 2.45) is 0 Å². The summed E-state index contributed by atoms with van der Waals surface area (Å²) in [5.74, 6) is -0.835. The van der Waals surface area contributed by atoms with Crippen molar-refractivity contribution in [2.75, 3.05) is 13.1 Å². The maximum atomic E-state index is 12.1. The number of carboxylic acids is 1. The van der Waals surface area contributed by atoms with Crippen LogP contribution in [0.1, 0.15) is 37.3 Å². The van der Waals surface area contributed by atoms with Gasteiger partial charge in [-0.15, -0.1) is 0 Å². The molecule has 1 amide bonds. The Labute approximate surface area is 127 Å². The third-order valence-electron chi connectivity index (χ3n) is 4.09. The molecule has 0 radical (unpaired) electrons. The predicted molar refractivity (Wildman–Crippen MR) is 79.3 cm³/mol. The largest absolute Gasteiger partial charge is 0.481 e. The van der Waals surface area contributed by atoms with E-state index in [0.29, 0.717) is 18.7 Å². The van der Waals surface area contributed by atoms with E-state index in [9.17, 15) is 9.59 Å². The molecule has 1 saturated heterocycles. The second-order valence-corrected chi connectivity index (χ2v) is 5.58. The van der Waals surface area contributed by atoms with E-state index in [4.69, 9.17) is 5.11 Å². The molecule has 2 aromatic rings. The molecule has 3 heterocycles. The van der Waals surface area contributed by atoms with Gasteiger partial charge in [-0.2, -0.15) is 5.10 Å². The summed E-state index contributed by atoms with van der Waals surface area (Å²) in [6.07, 6.45) is 3.54.